The quantitative estimate of drug-likeness (QED) is 0.174. The van der Waals surface area contributed by atoms with Crippen LogP contribution in [0.3, 0.4) is 0 Å². The van der Waals surface area contributed by atoms with Crippen molar-refractivity contribution in [1.82, 2.24) is 48.7 Å². The first-order valence-corrected chi connectivity index (χ1v) is 23.6. The molecule has 0 bridgehead atoms. The van der Waals surface area contributed by atoms with Crippen LogP contribution in [0.15, 0.2) is 47.5 Å². The van der Waals surface area contributed by atoms with Crippen molar-refractivity contribution in [1.29, 1.82) is 0 Å². The molecule has 5 aliphatic heterocycles. The van der Waals surface area contributed by atoms with E-state index in [0.29, 0.717) is 66.5 Å². The lowest BCUT2D eigenvalue weighted by molar-refractivity contribution is -0.135. The Morgan fingerprint density at radius 2 is 1.68 bits per heavy atom. The highest BCUT2D eigenvalue weighted by molar-refractivity contribution is 6.00. The number of aryl methyl sites for hydroxylation is 3. The molecule has 5 aromatic rings. The summed E-state index contributed by atoms with van der Waals surface area (Å²) in [4.78, 5) is 59.6. The number of carbonyl (C=O) groups excluding carboxylic acids is 3. The third-order valence-corrected chi connectivity index (χ3v) is 14.8. The number of benzene rings is 2. The number of amides is 3. The number of likely N-dealkylation sites (tertiary alicyclic amines) is 2. The molecule has 5 aliphatic rings. The maximum atomic E-state index is 14.7. The third kappa shape index (κ3) is 8.30. The fraction of sp³-hybridized carbons (Fsp3) is 0.542. The van der Waals surface area contributed by atoms with Crippen molar-refractivity contribution >= 4 is 40.3 Å². The highest BCUT2D eigenvalue weighted by Gasteiger charge is 2.36. The lowest BCUT2D eigenvalue weighted by Gasteiger charge is -2.36. The van der Waals surface area contributed by atoms with Gasteiger partial charge in [0.2, 0.25) is 17.7 Å². The second kappa shape index (κ2) is 18.1. The maximum absolute atomic E-state index is 14.7. The number of nitrogens with one attached hydrogen (secondary N) is 1. The third-order valence-electron chi connectivity index (χ3n) is 14.8. The fourth-order valence-corrected chi connectivity index (χ4v) is 11.1. The molecule has 1 unspecified atom stereocenters. The van der Waals surface area contributed by atoms with Crippen molar-refractivity contribution in [3.63, 3.8) is 0 Å². The minimum atomic E-state index is -2.66. The number of piperidine rings is 3. The zero-order valence-electron chi connectivity index (χ0n) is 38.1. The van der Waals surface area contributed by atoms with E-state index in [4.69, 9.17) is 9.84 Å². The van der Waals surface area contributed by atoms with Crippen LogP contribution in [0.5, 0.6) is 5.75 Å². The Morgan fingerprint density at radius 1 is 0.924 bits per heavy atom. The number of fused-ring (bicyclic) bond motifs is 3. The predicted molar refractivity (Wildman–Crippen MR) is 244 cm³/mol. The standard InChI is InChI=1S/C48H59F2N11O5/c1-30(62)58-21-15-38-37(28-58)46(59-16-5-6-32-24-35(33-26-51-54(2)27-33)36(45(49)50)25-41(32)59)53-61(38)34-13-19-57(20-14-34)23-22-56-17-11-31(12-18-56)29-66-42-8-4-7-39-44(42)55(3)48(65)60(39)40-9-10-43(63)52-47(40)64/h4,7-8,24-27,31,34,40,45H,5-6,9-23,28-29H2,1-3H3,(H,52,63,64). The Hall–Kier alpha value is -5.88. The molecule has 18 heteroatoms. The molecule has 66 heavy (non-hydrogen) atoms. The molecule has 350 valence electrons. The predicted octanol–water partition coefficient (Wildman–Crippen LogP) is 5.27. The van der Waals surface area contributed by atoms with E-state index >= 15 is 0 Å². The molecule has 0 aliphatic carbocycles. The molecule has 3 aromatic heterocycles. The van der Waals surface area contributed by atoms with Crippen molar-refractivity contribution in [3.8, 4) is 16.9 Å². The van der Waals surface area contributed by atoms with E-state index in [9.17, 15) is 28.0 Å². The minimum Gasteiger partial charge on any atom is -0.491 e. The number of ether oxygens (including phenoxy) is 1. The molecule has 1 atom stereocenters. The molecule has 0 radical (unpaired) electrons. The number of imide groups is 1. The van der Waals surface area contributed by atoms with Gasteiger partial charge in [0.05, 0.1) is 30.9 Å². The minimum absolute atomic E-state index is 0.0143. The number of aromatic nitrogens is 6. The van der Waals surface area contributed by atoms with Gasteiger partial charge in [-0.15, -0.1) is 0 Å². The van der Waals surface area contributed by atoms with E-state index in [0.717, 1.165) is 106 Å². The monoisotopic (exact) mass is 907 g/mol. The van der Waals surface area contributed by atoms with Crippen LogP contribution in [-0.4, -0.2) is 120 Å². The number of hydrogen-bond donors (Lipinski definition) is 1. The Labute approximate surface area is 382 Å². The van der Waals surface area contributed by atoms with Gasteiger partial charge in [0.25, 0.3) is 6.43 Å². The first-order chi connectivity index (χ1) is 31.9. The van der Waals surface area contributed by atoms with Crippen LogP contribution in [0, 0.1) is 5.92 Å². The zero-order chi connectivity index (χ0) is 45.8. The number of rotatable bonds is 11. The fourth-order valence-electron chi connectivity index (χ4n) is 11.1. The topological polar surface area (TPSA) is 148 Å². The van der Waals surface area contributed by atoms with Gasteiger partial charge in [-0.05, 0) is 99.3 Å². The van der Waals surface area contributed by atoms with E-state index in [1.54, 1.807) is 44.2 Å². The largest absolute Gasteiger partial charge is 0.491 e. The number of hydrogen-bond acceptors (Lipinski definition) is 10. The second-order valence-electron chi connectivity index (χ2n) is 18.9. The van der Waals surface area contributed by atoms with Crippen LogP contribution in [0.2, 0.25) is 0 Å². The van der Waals surface area contributed by atoms with Gasteiger partial charge < -0.3 is 24.3 Å². The molecule has 8 heterocycles. The van der Waals surface area contributed by atoms with Gasteiger partial charge in [-0.1, -0.05) is 6.07 Å². The molecule has 0 spiro atoms. The molecule has 3 saturated heterocycles. The van der Waals surface area contributed by atoms with Gasteiger partial charge in [-0.2, -0.15) is 10.2 Å². The lowest BCUT2D eigenvalue weighted by Crippen LogP contribution is -2.44. The average molecular weight is 908 g/mol. The van der Waals surface area contributed by atoms with Gasteiger partial charge >= 0.3 is 5.69 Å². The number of imidazole rings is 1. The maximum Gasteiger partial charge on any atom is 0.329 e. The summed E-state index contributed by atoms with van der Waals surface area (Å²) in [6.07, 6.45) is 7.52. The molecular formula is C48H59F2N11O5. The van der Waals surface area contributed by atoms with Crippen molar-refractivity contribution in [3.05, 3.63) is 75.6 Å². The van der Waals surface area contributed by atoms with Crippen molar-refractivity contribution in [2.24, 2.45) is 20.0 Å². The Balaban J connectivity index is 0.763. The van der Waals surface area contributed by atoms with Gasteiger partial charge in [-0.3, -0.25) is 38.2 Å². The number of carbonyl (C=O) groups is 3. The van der Waals surface area contributed by atoms with Crippen molar-refractivity contribution < 1.29 is 27.9 Å². The van der Waals surface area contributed by atoms with E-state index in [-0.39, 0.29) is 42.0 Å². The summed E-state index contributed by atoms with van der Waals surface area (Å²) < 4.78 is 42.8. The summed E-state index contributed by atoms with van der Waals surface area (Å²) in [5, 5.41) is 12.0. The van der Waals surface area contributed by atoms with Crippen molar-refractivity contribution in [2.75, 3.05) is 63.9 Å². The van der Waals surface area contributed by atoms with E-state index in [2.05, 4.69) is 29.8 Å². The summed E-state index contributed by atoms with van der Waals surface area (Å²) in [5.74, 6) is 1.03. The molecule has 16 nitrogen and oxygen atoms in total. The van der Waals surface area contributed by atoms with Gasteiger partial charge in [0.15, 0.2) is 5.82 Å². The molecule has 10 rings (SSSR count). The molecule has 0 saturated carbocycles. The lowest BCUT2D eigenvalue weighted by atomic mass is 9.92. The second-order valence-corrected chi connectivity index (χ2v) is 18.9. The number of alkyl halides is 2. The Kier molecular flexibility index (Phi) is 12.0. The van der Waals surface area contributed by atoms with Crippen molar-refractivity contribution in [2.45, 2.75) is 89.8 Å². The normalized spacial score (nSPS) is 20.3. The number of nitrogens with zero attached hydrogens (tertiary/aromatic N) is 10. The summed E-state index contributed by atoms with van der Waals surface area (Å²) >= 11 is 0. The first kappa shape index (κ1) is 44.0. The van der Waals surface area contributed by atoms with Gasteiger partial charge in [-0.25, -0.2) is 13.6 Å². The van der Waals surface area contributed by atoms with Crippen LogP contribution < -0.4 is 20.6 Å². The molecule has 3 amide bonds. The zero-order valence-corrected chi connectivity index (χ0v) is 38.1. The smallest absolute Gasteiger partial charge is 0.329 e. The first-order valence-electron chi connectivity index (χ1n) is 23.6. The summed E-state index contributed by atoms with van der Waals surface area (Å²) in [7, 11) is 3.48. The van der Waals surface area contributed by atoms with Gasteiger partial charge in [0.1, 0.15) is 17.3 Å². The number of halogens is 2. The number of anilines is 2. The summed E-state index contributed by atoms with van der Waals surface area (Å²) in [5.41, 5.74) is 6.11. The highest BCUT2D eigenvalue weighted by atomic mass is 19.3. The van der Waals surface area contributed by atoms with Crippen LogP contribution in [0.25, 0.3) is 22.2 Å². The molecule has 1 N–H and O–H groups in total. The Bertz CT molecular complexity index is 2720. The van der Waals surface area contributed by atoms with E-state index in [1.807, 2.05) is 29.2 Å². The van der Waals surface area contributed by atoms with E-state index in [1.165, 1.54) is 9.13 Å². The Morgan fingerprint density at radius 3 is 2.38 bits per heavy atom. The highest BCUT2D eigenvalue weighted by Crippen LogP contribution is 2.44. The molecule has 2 aromatic carbocycles. The van der Waals surface area contributed by atoms with Crippen LogP contribution >= 0.6 is 0 Å². The summed E-state index contributed by atoms with van der Waals surface area (Å²) in [6.45, 7) is 9.77. The van der Waals surface area contributed by atoms with Gasteiger partial charge in [0, 0.05) is 107 Å². The molecular weight excluding hydrogens is 849 g/mol. The van der Waals surface area contributed by atoms with Crippen LogP contribution in [0.4, 0.5) is 20.3 Å². The van der Waals surface area contributed by atoms with Crippen LogP contribution in [0.1, 0.15) is 92.8 Å². The summed E-state index contributed by atoms with van der Waals surface area (Å²) in [6, 6.07) is 8.59. The SMILES string of the molecule is CC(=O)N1CCc2c(c(N3CCCc4cc(-c5cnn(C)c5)c(C(F)F)cc43)nn2C2CCN(CCN3CCC(COc4cccc5c4n(C)c(=O)n5C4CCC(=O)NC4=O)CC3)CC2)C1. The number of para-hydroxylation sites is 1. The molecule has 3 fully saturated rings. The van der Waals surface area contributed by atoms with E-state index < -0.39 is 18.4 Å². The average Bonchev–Trinajstić information content (AvgIpc) is 4.00. The van der Waals surface area contributed by atoms with Crippen LogP contribution in [-0.2, 0) is 47.9 Å².